The summed E-state index contributed by atoms with van der Waals surface area (Å²) >= 11 is 0. The van der Waals surface area contributed by atoms with Gasteiger partial charge in [0.2, 0.25) is 11.8 Å². The number of hydrogen-bond acceptors (Lipinski definition) is 4. The van der Waals surface area contributed by atoms with Gasteiger partial charge in [-0.3, -0.25) is 14.4 Å². The molecule has 0 fully saturated rings. The molecule has 7 nitrogen and oxygen atoms in total. The van der Waals surface area contributed by atoms with E-state index in [1.807, 2.05) is 6.92 Å². The summed E-state index contributed by atoms with van der Waals surface area (Å²) in [4.78, 5) is 32.7. The Kier molecular flexibility index (Phi) is 7.70. The van der Waals surface area contributed by atoms with Crippen LogP contribution in [0.1, 0.15) is 26.2 Å². The Balaban J connectivity index is 4.02. The first kappa shape index (κ1) is 15.4. The summed E-state index contributed by atoms with van der Waals surface area (Å²) in [5.74, 6) is -1.80. The van der Waals surface area contributed by atoms with E-state index >= 15 is 0 Å². The molecule has 0 radical (unpaired) electrons. The quantitative estimate of drug-likeness (QED) is 0.429. The molecule has 0 aliphatic carbocycles. The first-order valence-electron chi connectivity index (χ1n) is 5.47. The number of carbonyl (C=O) groups is 3. The number of rotatable bonds is 8. The van der Waals surface area contributed by atoms with Crippen molar-refractivity contribution in [3.8, 4) is 0 Å². The lowest BCUT2D eigenvalue weighted by Gasteiger charge is -2.16. The highest BCUT2D eigenvalue weighted by molar-refractivity contribution is 5.85. The molecule has 0 aromatic rings. The topological polar surface area (TPSA) is 122 Å². The second-order valence-electron chi connectivity index (χ2n) is 3.63. The number of nitrogens with two attached hydrogens (primary N) is 1. The Morgan fingerprint density at radius 2 is 1.94 bits per heavy atom. The van der Waals surface area contributed by atoms with Crippen molar-refractivity contribution in [1.82, 2.24) is 10.6 Å². The van der Waals surface area contributed by atoms with Gasteiger partial charge < -0.3 is 21.5 Å². The first-order valence-corrected chi connectivity index (χ1v) is 5.47. The number of carbonyl (C=O) groups excluding carboxylic acids is 2. The summed E-state index contributed by atoms with van der Waals surface area (Å²) in [5.41, 5.74) is 5.05. The van der Waals surface area contributed by atoms with Crippen LogP contribution in [-0.2, 0) is 14.4 Å². The van der Waals surface area contributed by atoms with Gasteiger partial charge in [0.15, 0.2) is 0 Å². The maximum absolute atomic E-state index is 11.4. The van der Waals surface area contributed by atoms with Crippen LogP contribution in [0.4, 0.5) is 0 Å². The lowest BCUT2D eigenvalue weighted by Crippen LogP contribution is -2.44. The molecule has 0 aliphatic heterocycles. The van der Waals surface area contributed by atoms with Gasteiger partial charge in [-0.15, -0.1) is 0 Å². The predicted molar refractivity (Wildman–Crippen MR) is 61.2 cm³/mol. The van der Waals surface area contributed by atoms with Crippen LogP contribution in [0.5, 0.6) is 0 Å². The van der Waals surface area contributed by atoms with Crippen LogP contribution in [0, 0.1) is 0 Å². The fourth-order valence-electron chi connectivity index (χ4n) is 1.31. The molecular formula is C10H19N3O4. The first-order chi connectivity index (χ1) is 7.99. The molecule has 0 aromatic heterocycles. The average molecular weight is 245 g/mol. The number of nitrogens with one attached hydrogen (secondary N) is 2. The van der Waals surface area contributed by atoms with E-state index in [-0.39, 0.29) is 19.5 Å². The van der Waals surface area contributed by atoms with E-state index < -0.39 is 23.8 Å². The van der Waals surface area contributed by atoms with Crippen molar-refractivity contribution in [2.45, 2.75) is 32.2 Å². The van der Waals surface area contributed by atoms with Gasteiger partial charge in [-0.05, 0) is 6.42 Å². The van der Waals surface area contributed by atoms with Crippen molar-refractivity contribution in [2.75, 3.05) is 13.1 Å². The Morgan fingerprint density at radius 3 is 2.41 bits per heavy atom. The SMILES string of the molecule is CCCC(CC(=O)O)NC(=O)CNC(=O)CN. The van der Waals surface area contributed by atoms with Crippen LogP contribution in [0.3, 0.4) is 0 Å². The number of aliphatic carboxylic acids is 1. The minimum Gasteiger partial charge on any atom is -0.481 e. The van der Waals surface area contributed by atoms with Gasteiger partial charge in [-0.25, -0.2) is 0 Å². The van der Waals surface area contributed by atoms with E-state index in [0.717, 1.165) is 6.42 Å². The van der Waals surface area contributed by atoms with Crippen molar-refractivity contribution < 1.29 is 19.5 Å². The zero-order chi connectivity index (χ0) is 13.3. The number of hydrogen-bond donors (Lipinski definition) is 4. The maximum atomic E-state index is 11.4. The normalized spacial score (nSPS) is 11.6. The highest BCUT2D eigenvalue weighted by atomic mass is 16.4. The summed E-state index contributed by atoms with van der Waals surface area (Å²) < 4.78 is 0. The molecule has 1 unspecified atom stereocenters. The molecule has 1 atom stereocenters. The Morgan fingerprint density at radius 1 is 1.29 bits per heavy atom. The number of carboxylic acids is 1. The highest BCUT2D eigenvalue weighted by Gasteiger charge is 2.15. The lowest BCUT2D eigenvalue weighted by atomic mass is 10.1. The van der Waals surface area contributed by atoms with Crippen molar-refractivity contribution >= 4 is 17.8 Å². The molecule has 0 saturated carbocycles. The minimum atomic E-state index is -0.963. The van der Waals surface area contributed by atoms with Crippen molar-refractivity contribution in [3.05, 3.63) is 0 Å². The Hall–Kier alpha value is -1.63. The summed E-state index contributed by atoms with van der Waals surface area (Å²) in [6.45, 7) is 1.54. The fourth-order valence-corrected chi connectivity index (χ4v) is 1.31. The van der Waals surface area contributed by atoms with E-state index in [9.17, 15) is 14.4 Å². The van der Waals surface area contributed by atoms with Gasteiger partial charge in [-0.2, -0.15) is 0 Å². The third kappa shape index (κ3) is 8.21. The van der Waals surface area contributed by atoms with Gasteiger partial charge in [0, 0.05) is 6.04 Å². The summed E-state index contributed by atoms with van der Waals surface area (Å²) in [6.07, 6.45) is 1.24. The van der Waals surface area contributed by atoms with Crippen LogP contribution in [-0.4, -0.2) is 42.0 Å². The molecule has 98 valence electrons. The number of amides is 2. The minimum absolute atomic E-state index is 0.121. The zero-order valence-corrected chi connectivity index (χ0v) is 9.86. The third-order valence-electron chi connectivity index (χ3n) is 2.05. The van der Waals surface area contributed by atoms with E-state index in [4.69, 9.17) is 10.8 Å². The van der Waals surface area contributed by atoms with Gasteiger partial charge in [0.05, 0.1) is 19.5 Å². The lowest BCUT2D eigenvalue weighted by molar-refractivity contribution is -0.138. The Labute approximate surface area is 99.7 Å². The molecule has 7 heteroatoms. The molecule has 0 aromatic carbocycles. The molecule has 2 amide bonds. The van der Waals surface area contributed by atoms with E-state index in [1.165, 1.54) is 0 Å². The maximum Gasteiger partial charge on any atom is 0.305 e. The predicted octanol–water partition coefficient (Wildman–Crippen LogP) is -1.18. The van der Waals surface area contributed by atoms with E-state index in [0.29, 0.717) is 6.42 Å². The smallest absolute Gasteiger partial charge is 0.305 e. The van der Waals surface area contributed by atoms with Gasteiger partial charge >= 0.3 is 5.97 Å². The van der Waals surface area contributed by atoms with Crippen LogP contribution in [0.25, 0.3) is 0 Å². The van der Waals surface area contributed by atoms with Crippen LogP contribution >= 0.6 is 0 Å². The standard InChI is InChI=1S/C10H19N3O4/c1-2-3-7(4-10(16)17)13-9(15)6-12-8(14)5-11/h7H,2-6,11H2,1H3,(H,12,14)(H,13,15)(H,16,17). The largest absolute Gasteiger partial charge is 0.481 e. The van der Waals surface area contributed by atoms with E-state index in [1.54, 1.807) is 0 Å². The molecule has 5 N–H and O–H groups in total. The summed E-state index contributed by atoms with van der Waals surface area (Å²) in [7, 11) is 0. The molecule has 0 saturated heterocycles. The molecule has 0 spiro atoms. The summed E-state index contributed by atoms with van der Waals surface area (Å²) in [6, 6.07) is -0.403. The zero-order valence-electron chi connectivity index (χ0n) is 9.86. The molecule has 17 heavy (non-hydrogen) atoms. The third-order valence-corrected chi connectivity index (χ3v) is 2.05. The molecule has 0 bridgehead atoms. The highest BCUT2D eigenvalue weighted by Crippen LogP contribution is 2.01. The van der Waals surface area contributed by atoms with Gasteiger partial charge in [0.25, 0.3) is 0 Å². The number of carboxylic acid groups (broad SMARTS) is 1. The second-order valence-corrected chi connectivity index (χ2v) is 3.63. The van der Waals surface area contributed by atoms with Crippen molar-refractivity contribution in [3.63, 3.8) is 0 Å². The average Bonchev–Trinajstić information content (AvgIpc) is 2.25. The van der Waals surface area contributed by atoms with Crippen LogP contribution < -0.4 is 16.4 Å². The molecule has 0 heterocycles. The van der Waals surface area contributed by atoms with E-state index in [2.05, 4.69) is 10.6 Å². The molecule has 0 aliphatic rings. The van der Waals surface area contributed by atoms with Gasteiger partial charge in [0.1, 0.15) is 0 Å². The van der Waals surface area contributed by atoms with Crippen molar-refractivity contribution in [2.24, 2.45) is 5.73 Å². The Bertz CT molecular complexity index is 281. The molecule has 0 rings (SSSR count). The van der Waals surface area contributed by atoms with Gasteiger partial charge in [-0.1, -0.05) is 13.3 Å². The van der Waals surface area contributed by atoms with Crippen molar-refractivity contribution in [1.29, 1.82) is 0 Å². The van der Waals surface area contributed by atoms with Crippen LogP contribution in [0.15, 0.2) is 0 Å². The van der Waals surface area contributed by atoms with Crippen LogP contribution in [0.2, 0.25) is 0 Å². The fraction of sp³-hybridized carbons (Fsp3) is 0.700. The summed E-state index contributed by atoms with van der Waals surface area (Å²) in [5, 5.41) is 13.5. The monoisotopic (exact) mass is 245 g/mol. The second kappa shape index (κ2) is 8.51. The molecular weight excluding hydrogens is 226 g/mol.